The molecule has 92 valence electrons. The predicted octanol–water partition coefficient (Wildman–Crippen LogP) is 4.59. The first-order chi connectivity index (χ1) is 8.74. The summed E-state index contributed by atoms with van der Waals surface area (Å²) < 4.78 is 1.25. The van der Waals surface area contributed by atoms with Crippen LogP contribution in [0.1, 0.15) is 16.7 Å². The van der Waals surface area contributed by atoms with E-state index in [0.29, 0.717) is 0 Å². The fraction of sp³-hybridized carbons (Fsp3) is 0.214. The van der Waals surface area contributed by atoms with Crippen LogP contribution in [0.25, 0.3) is 10.2 Å². The monoisotopic (exact) mass is 274 g/mol. The van der Waals surface area contributed by atoms with Gasteiger partial charge in [-0.05, 0) is 47.4 Å². The minimum atomic E-state index is 0.855. The van der Waals surface area contributed by atoms with E-state index in [0.717, 1.165) is 17.2 Å². The van der Waals surface area contributed by atoms with Crippen LogP contribution in [-0.2, 0) is 6.54 Å². The Morgan fingerprint density at radius 2 is 2.06 bits per heavy atom. The van der Waals surface area contributed by atoms with Crippen molar-refractivity contribution in [2.45, 2.75) is 20.4 Å². The Morgan fingerprint density at radius 3 is 2.78 bits per heavy atom. The first-order valence-electron chi connectivity index (χ1n) is 5.86. The lowest BCUT2D eigenvalue weighted by molar-refractivity contribution is 1.13. The minimum Gasteiger partial charge on any atom is -0.357 e. The molecule has 1 N–H and O–H groups in total. The molecule has 0 bridgehead atoms. The second kappa shape index (κ2) is 4.71. The Hall–Kier alpha value is -1.39. The van der Waals surface area contributed by atoms with Crippen LogP contribution in [0.2, 0.25) is 0 Å². The minimum absolute atomic E-state index is 0.855. The van der Waals surface area contributed by atoms with Gasteiger partial charge in [0.05, 0.1) is 10.2 Å². The van der Waals surface area contributed by atoms with Crippen LogP contribution in [0.3, 0.4) is 0 Å². The van der Waals surface area contributed by atoms with Gasteiger partial charge in [0.15, 0.2) is 5.13 Å². The number of benzene rings is 1. The third kappa shape index (κ3) is 2.13. The van der Waals surface area contributed by atoms with Crippen molar-refractivity contribution in [1.29, 1.82) is 0 Å². The summed E-state index contributed by atoms with van der Waals surface area (Å²) in [5.74, 6) is 0. The van der Waals surface area contributed by atoms with Crippen molar-refractivity contribution in [2.75, 3.05) is 5.32 Å². The molecule has 0 unspecified atom stereocenters. The lowest BCUT2D eigenvalue weighted by atomic mass is 10.2. The molecule has 0 fully saturated rings. The van der Waals surface area contributed by atoms with Gasteiger partial charge in [-0.25, -0.2) is 4.98 Å². The molecule has 1 aromatic carbocycles. The highest BCUT2D eigenvalue weighted by molar-refractivity contribution is 7.22. The van der Waals surface area contributed by atoms with E-state index in [1.165, 1.54) is 21.4 Å². The third-order valence-electron chi connectivity index (χ3n) is 3.01. The summed E-state index contributed by atoms with van der Waals surface area (Å²) in [6.45, 7) is 5.11. The van der Waals surface area contributed by atoms with Gasteiger partial charge in [-0.1, -0.05) is 23.5 Å². The first-order valence-corrected chi connectivity index (χ1v) is 7.61. The molecule has 2 nitrogen and oxygen atoms in total. The second-order valence-electron chi connectivity index (χ2n) is 4.37. The van der Waals surface area contributed by atoms with Crippen molar-refractivity contribution in [3.05, 3.63) is 45.6 Å². The van der Waals surface area contributed by atoms with Gasteiger partial charge in [-0.3, -0.25) is 0 Å². The van der Waals surface area contributed by atoms with Crippen LogP contribution in [-0.4, -0.2) is 4.98 Å². The SMILES string of the molecule is Cc1cscc1CNc1nc2c(C)cccc2s1. The molecule has 4 heteroatoms. The molecule has 3 rings (SSSR count). The van der Waals surface area contributed by atoms with Gasteiger partial charge in [-0.2, -0.15) is 11.3 Å². The van der Waals surface area contributed by atoms with Gasteiger partial charge in [0, 0.05) is 6.54 Å². The Labute approximate surface area is 114 Å². The highest BCUT2D eigenvalue weighted by Gasteiger charge is 2.06. The number of hydrogen-bond acceptors (Lipinski definition) is 4. The molecule has 0 spiro atoms. The number of anilines is 1. The van der Waals surface area contributed by atoms with E-state index in [4.69, 9.17) is 0 Å². The quantitative estimate of drug-likeness (QED) is 0.755. The maximum Gasteiger partial charge on any atom is 0.184 e. The average molecular weight is 274 g/mol. The molecule has 0 amide bonds. The first kappa shape index (κ1) is 11.7. The number of thiophene rings is 1. The van der Waals surface area contributed by atoms with Crippen LogP contribution >= 0.6 is 22.7 Å². The standard InChI is InChI=1S/C14H14N2S2/c1-9-4-3-5-12-13(9)16-14(18-12)15-6-11-8-17-7-10(11)2/h3-5,7-8H,6H2,1-2H3,(H,15,16). The summed E-state index contributed by atoms with van der Waals surface area (Å²) in [5, 5.41) is 8.80. The van der Waals surface area contributed by atoms with E-state index >= 15 is 0 Å². The lowest BCUT2D eigenvalue weighted by Crippen LogP contribution is -1.98. The molecule has 0 radical (unpaired) electrons. The van der Waals surface area contributed by atoms with E-state index in [2.05, 4.69) is 53.1 Å². The summed E-state index contributed by atoms with van der Waals surface area (Å²) in [6, 6.07) is 6.32. The number of aryl methyl sites for hydroxylation is 2. The highest BCUT2D eigenvalue weighted by Crippen LogP contribution is 2.28. The summed E-state index contributed by atoms with van der Waals surface area (Å²) in [5.41, 5.74) is 5.07. The van der Waals surface area contributed by atoms with E-state index in [-0.39, 0.29) is 0 Å². The summed E-state index contributed by atoms with van der Waals surface area (Å²) in [4.78, 5) is 4.65. The van der Waals surface area contributed by atoms with Crippen molar-refractivity contribution in [3.63, 3.8) is 0 Å². The number of nitrogens with one attached hydrogen (secondary N) is 1. The van der Waals surface area contributed by atoms with Crippen molar-refractivity contribution in [2.24, 2.45) is 0 Å². The van der Waals surface area contributed by atoms with E-state index in [1.807, 2.05) is 0 Å². The van der Waals surface area contributed by atoms with Crippen molar-refractivity contribution < 1.29 is 0 Å². The fourth-order valence-corrected chi connectivity index (χ4v) is 3.70. The van der Waals surface area contributed by atoms with Crippen molar-refractivity contribution in [3.8, 4) is 0 Å². The number of hydrogen-bond donors (Lipinski definition) is 1. The smallest absolute Gasteiger partial charge is 0.184 e. The Kier molecular flexibility index (Phi) is 3.06. The molecule has 0 aliphatic rings. The molecule has 0 aliphatic carbocycles. The zero-order valence-corrected chi connectivity index (χ0v) is 12.0. The molecule has 0 atom stereocenters. The second-order valence-corrected chi connectivity index (χ2v) is 6.15. The van der Waals surface area contributed by atoms with Gasteiger partial charge in [0.25, 0.3) is 0 Å². The number of nitrogens with zero attached hydrogens (tertiary/aromatic N) is 1. The molecule has 2 heterocycles. The summed E-state index contributed by atoms with van der Waals surface area (Å²) in [7, 11) is 0. The highest BCUT2D eigenvalue weighted by atomic mass is 32.1. The number of aromatic nitrogens is 1. The molecule has 0 aliphatic heterocycles. The van der Waals surface area contributed by atoms with Crippen LogP contribution < -0.4 is 5.32 Å². The largest absolute Gasteiger partial charge is 0.357 e. The maximum atomic E-state index is 4.65. The average Bonchev–Trinajstić information content (AvgIpc) is 2.93. The maximum absolute atomic E-state index is 4.65. The molecule has 3 aromatic rings. The molecule has 18 heavy (non-hydrogen) atoms. The molecule has 0 saturated heterocycles. The zero-order valence-electron chi connectivity index (χ0n) is 10.4. The number of rotatable bonds is 3. The van der Waals surface area contributed by atoms with E-state index in [1.54, 1.807) is 22.7 Å². The van der Waals surface area contributed by atoms with Crippen LogP contribution in [0, 0.1) is 13.8 Å². The van der Waals surface area contributed by atoms with Gasteiger partial charge in [-0.15, -0.1) is 0 Å². The van der Waals surface area contributed by atoms with Crippen LogP contribution in [0.4, 0.5) is 5.13 Å². The van der Waals surface area contributed by atoms with Crippen LogP contribution in [0.5, 0.6) is 0 Å². The number of fused-ring (bicyclic) bond motifs is 1. The molecular formula is C14H14N2S2. The Bertz CT molecular complexity index is 682. The Balaban J connectivity index is 1.83. The number of thiazole rings is 1. The number of para-hydroxylation sites is 1. The normalized spacial score (nSPS) is 11.0. The van der Waals surface area contributed by atoms with Gasteiger partial charge >= 0.3 is 0 Å². The van der Waals surface area contributed by atoms with E-state index < -0.39 is 0 Å². The Morgan fingerprint density at radius 1 is 1.17 bits per heavy atom. The fourth-order valence-electron chi connectivity index (χ4n) is 1.90. The molecule has 0 saturated carbocycles. The van der Waals surface area contributed by atoms with Gasteiger partial charge in [0.1, 0.15) is 0 Å². The molecule has 2 aromatic heterocycles. The molecular weight excluding hydrogens is 260 g/mol. The van der Waals surface area contributed by atoms with Crippen molar-refractivity contribution in [1.82, 2.24) is 4.98 Å². The third-order valence-corrected chi connectivity index (χ3v) is 4.90. The topological polar surface area (TPSA) is 24.9 Å². The summed E-state index contributed by atoms with van der Waals surface area (Å²) >= 11 is 3.47. The van der Waals surface area contributed by atoms with Gasteiger partial charge in [0.2, 0.25) is 0 Å². The predicted molar refractivity (Wildman–Crippen MR) is 80.7 cm³/mol. The lowest BCUT2D eigenvalue weighted by Gasteiger charge is -2.01. The van der Waals surface area contributed by atoms with Gasteiger partial charge < -0.3 is 5.32 Å². The van der Waals surface area contributed by atoms with Crippen LogP contribution in [0.15, 0.2) is 29.0 Å². The van der Waals surface area contributed by atoms with E-state index in [9.17, 15) is 0 Å². The summed E-state index contributed by atoms with van der Waals surface area (Å²) in [6.07, 6.45) is 0. The zero-order chi connectivity index (χ0) is 12.5. The van der Waals surface area contributed by atoms with Crippen molar-refractivity contribution >= 4 is 38.0 Å².